The van der Waals surface area contributed by atoms with E-state index in [1.165, 1.54) is 0 Å². The number of rotatable bonds is 2. The molecule has 0 aliphatic carbocycles. The van der Waals surface area contributed by atoms with Crippen molar-refractivity contribution in [3.8, 4) is 0 Å². The Kier molecular flexibility index (Phi) is 2.37. The third-order valence-electron chi connectivity index (χ3n) is 1.49. The van der Waals surface area contributed by atoms with Crippen LogP contribution in [0.15, 0.2) is 5.29 Å². The standard InChI is InChI=1S/C5H8N2O4/c8-5(9)4-3-11-2-1-7(4)6-10/h4H,1-3H2,(H,8,9)/t4-/m0/s1. The number of hydrogen-bond acceptors (Lipinski definition) is 4. The highest BCUT2D eigenvalue weighted by atomic mass is 16.5. The van der Waals surface area contributed by atoms with Crippen molar-refractivity contribution < 1.29 is 14.6 Å². The molecule has 0 aromatic heterocycles. The highest BCUT2D eigenvalue weighted by Gasteiger charge is 2.29. The molecule has 6 nitrogen and oxygen atoms in total. The molecule has 1 atom stereocenters. The lowest BCUT2D eigenvalue weighted by molar-refractivity contribution is -0.149. The van der Waals surface area contributed by atoms with Crippen LogP contribution in [0.5, 0.6) is 0 Å². The van der Waals surface area contributed by atoms with Crippen molar-refractivity contribution >= 4 is 5.97 Å². The SMILES string of the molecule is O=NN1CCOC[C@H]1C(=O)O. The Bertz CT molecular complexity index is 172. The molecule has 1 heterocycles. The van der Waals surface area contributed by atoms with E-state index in [4.69, 9.17) is 9.84 Å². The predicted molar refractivity (Wildman–Crippen MR) is 34.7 cm³/mol. The van der Waals surface area contributed by atoms with E-state index in [1.54, 1.807) is 0 Å². The van der Waals surface area contributed by atoms with Gasteiger partial charge in [-0.2, -0.15) is 0 Å². The lowest BCUT2D eigenvalue weighted by Gasteiger charge is -2.27. The molecular weight excluding hydrogens is 152 g/mol. The van der Waals surface area contributed by atoms with E-state index in [-0.39, 0.29) is 13.2 Å². The Morgan fingerprint density at radius 2 is 2.45 bits per heavy atom. The summed E-state index contributed by atoms with van der Waals surface area (Å²) in [5.41, 5.74) is 0. The molecular formula is C5H8N2O4. The summed E-state index contributed by atoms with van der Waals surface area (Å²) in [6.45, 7) is 0.636. The van der Waals surface area contributed by atoms with Crippen molar-refractivity contribution in [3.63, 3.8) is 0 Å². The molecule has 0 saturated carbocycles. The Morgan fingerprint density at radius 3 is 2.91 bits per heavy atom. The van der Waals surface area contributed by atoms with Crippen LogP contribution in [0.3, 0.4) is 0 Å². The zero-order valence-corrected chi connectivity index (χ0v) is 5.77. The van der Waals surface area contributed by atoms with Crippen LogP contribution >= 0.6 is 0 Å². The van der Waals surface area contributed by atoms with E-state index >= 15 is 0 Å². The lowest BCUT2D eigenvalue weighted by atomic mass is 10.3. The third kappa shape index (κ3) is 1.64. The average molecular weight is 160 g/mol. The molecule has 0 amide bonds. The van der Waals surface area contributed by atoms with Gasteiger partial charge in [0.25, 0.3) is 0 Å². The topological polar surface area (TPSA) is 79.2 Å². The molecule has 62 valence electrons. The van der Waals surface area contributed by atoms with Crippen molar-refractivity contribution in [3.05, 3.63) is 4.91 Å². The van der Waals surface area contributed by atoms with E-state index in [9.17, 15) is 9.70 Å². The number of aliphatic carboxylic acids is 1. The second-order valence-corrected chi connectivity index (χ2v) is 2.17. The van der Waals surface area contributed by atoms with Crippen LogP contribution < -0.4 is 0 Å². The van der Waals surface area contributed by atoms with Crippen LogP contribution in [-0.4, -0.2) is 41.9 Å². The number of ether oxygens (including phenoxy) is 1. The molecule has 11 heavy (non-hydrogen) atoms. The van der Waals surface area contributed by atoms with E-state index < -0.39 is 12.0 Å². The number of morpholine rings is 1. The van der Waals surface area contributed by atoms with Crippen molar-refractivity contribution in [1.29, 1.82) is 0 Å². The van der Waals surface area contributed by atoms with Crippen LogP contribution in [0.4, 0.5) is 0 Å². The summed E-state index contributed by atoms with van der Waals surface area (Å²) in [6, 6.07) is -0.916. The Balaban J connectivity index is 2.58. The maximum atomic E-state index is 10.4. The molecule has 0 aromatic rings. The summed E-state index contributed by atoms with van der Waals surface area (Å²) in [7, 11) is 0. The van der Waals surface area contributed by atoms with Gasteiger partial charge in [0.05, 0.1) is 25.0 Å². The van der Waals surface area contributed by atoms with Gasteiger partial charge in [-0.3, -0.25) is 0 Å². The van der Waals surface area contributed by atoms with Gasteiger partial charge < -0.3 is 9.84 Å². The fraction of sp³-hybridized carbons (Fsp3) is 0.800. The van der Waals surface area contributed by atoms with E-state index in [0.29, 0.717) is 6.61 Å². The van der Waals surface area contributed by atoms with Gasteiger partial charge >= 0.3 is 5.97 Å². The Labute approximate surface area is 62.7 Å². The van der Waals surface area contributed by atoms with Crippen LogP contribution in [0.1, 0.15) is 0 Å². The monoisotopic (exact) mass is 160 g/mol. The molecule has 1 N–H and O–H groups in total. The summed E-state index contributed by atoms with van der Waals surface area (Å²) in [5, 5.41) is 12.1. The van der Waals surface area contributed by atoms with Gasteiger partial charge in [-0.05, 0) is 0 Å². The second-order valence-electron chi connectivity index (χ2n) is 2.17. The van der Waals surface area contributed by atoms with E-state index in [2.05, 4.69) is 5.29 Å². The Morgan fingerprint density at radius 1 is 1.73 bits per heavy atom. The van der Waals surface area contributed by atoms with Crippen molar-refractivity contribution in [2.45, 2.75) is 6.04 Å². The minimum absolute atomic E-state index is 0.0288. The van der Waals surface area contributed by atoms with E-state index in [0.717, 1.165) is 5.01 Å². The fourth-order valence-corrected chi connectivity index (χ4v) is 0.891. The summed E-state index contributed by atoms with van der Waals surface area (Å²) in [6.07, 6.45) is 0. The molecule has 0 spiro atoms. The molecule has 1 aliphatic rings. The second kappa shape index (κ2) is 3.29. The Hall–Kier alpha value is -1.17. The first kappa shape index (κ1) is 7.93. The van der Waals surface area contributed by atoms with Crippen molar-refractivity contribution in [2.24, 2.45) is 5.29 Å². The zero-order valence-electron chi connectivity index (χ0n) is 5.77. The zero-order chi connectivity index (χ0) is 8.27. The van der Waals surface area contributed by atoms with Crippen LogP contribution in [0.25, 0.3) is 0 Å². The highest BCUT2D eigenvalue weighted by Crippen LogP contribution is 2.06. The number of nitroso groups, excluding NO2 is 1. The molecule has 0 unspecified atom stereocenters. The summed E-state index contributed by atoms with van der Waals surface area (Å²) < 4.78 is 4.85. The van der Waals surface area contributed by atoms with Crippen molar-refractivity contribution in [2.75, 3.05) is 19.8 Å². The minimum atomic E-state index is -1.08. The minimum Gasteiger partial charge on any atom is -0.480 e. The summed E-state index contributed by atoms with van der Waals surface area (Å²) >= 11 is 0. The normalized spacial score (nSPS) is 24.7. The van der Waals surface area contributed by atoms with Gasteiger partial charge in [0.1, 0.15) is 0 Å². The number of nitrogens with zero attached hydrogens (tertiary/aromatic N) is 2. The van der Waals surface area contributed by atoms with Gasteiger partial charge in [-0.15, -0.1) is 4.91 Å². The van der Waals surface area contributed by atoms with Gasteiger partial charge in [-0.1, -0.05) is 0 Å². The molecule has 0 aromatic carbocycles. The maximum absolute atomic E-state index is 10.4. The molecule has 1 saturated heterocycles. The first-order valence-corrected chi connectivity index (χ1v) is 3.16. The quantitative estimate of drug-likeness (QED) is 0.548. The van der Waals surface area contributed by atoms with Gasteiger partial charge in [0, 0.05) is 0 Å². The average Bonchev–Trinajstić information content (AvgIpc) is 2.04. The maximum Gasteiger partial charge on any atom is 0.330 e. The van der Waals surface area contributed by atoms with Gasteiger partial charge in [0.2, 0.25) is 0 Å². The molecule has 6 heteroatoms. The molecule has 0 bridgehead atoms. The fourth-order valence-electron chi connectivity index (χ4n) is 0.891. The highest BCUT2D eigenvalue weighted by molar-refractivity contribution is 5.73. The predicted octanol–water partition coefficient (Wildman–Crippen LogP) is -0.547. The molecule has 1 fully saturated rings. The number of hydrogen-bond donors (Lipinski definition) is 1. The number of carbonyl (C=O) groups is 1. The van der Waals surface area contributed by atoms with Gasteiger partial charge in [-0.25, -0.2) is 9.80 Å². The lowest BCUT2D eigenvalue weighted by Crippen LogP contribution is -2.46. The third-order valence-corrected chi connectivity index (χ3v) is 1.49. The van der Waals surface area contributed by atoms with Crippen LogP contribution in [-0.2, 0) is 9.53 Å². The smallest absolute Gasteiger partial charge is 0.330 e. The largest absolute Gasteiger partial charge is 0.480 e. The summed E-state index contributed by atoms with van der Waals surface area (Å²) in [4.78, 5) is 20.4. The van der Waals surface area contributed by atoms with Crippen LogP contribution in [0.2, 0.25) is 0 Å². The molecule has 1 rings (SSSR count). The van der Waals surface area contributed by atoms with E-state index in [1.807, 2.05) is 0 Å². The summed E-state index contributed by atoms with van der Waals surface area (Å²) in [5.74, 6) is -1.08. The number of carboxylic acids is 1. The first-order valence-electron chi connectivity index (χ1n) is 3.16. The first-order chi connectivity index (χ1) is 5.25. The van der Waals surface area contributed by atoms with Gasteiger partial charge in [0.15, 0.2) is 6.04 Å². The molecule has 0 radical (unpaired) electrons. The van der Waals surface area contributed by atoms with Crippen molar-refractivity contribution in [1.82, 2.24) is 5.01 Å². The molecule has 1 aliphatic heterocycles. The number of carboxylic acid groups (broad SMARTS) is 1. The van der Waals surface area contributed by atoms with Crippen LogP contribution in [0, 0.1) is 4.91 Å².